The first kappa shape index (κ1) is 14.7. The van der Waals surface area contributed by atoms with Crippen LogP contribution < -0.4 is 0 Å². The van der Waals surface area contributed by atoms with E-state index in [2.05, 4.69) is 41.8 Å². The van der Waals surface area contributed by atoms with Crippen molar-refractivity contribution >= 4 is 15.9 Å². The molecule has 1 heterocycles. The van der Waals surface area contributed by atoms with E-state index < -0.39 is 5.60 Å². The predicted molar refractivity (Wildman–Crippen MR) is 74.0 cm³/mol. The van der Waals surface area contributed by atoms with Crippen LogP contribution in [0.25, 0.3) is 0 Å². The summed E-state index contributed by atoms with van der Waals surface area (Å²) < 4.78 is 2.79. The fourth-order valence-corrected chi connectivity index (χ4v) is 2.77. The molecule has 1 aromatic rings. The highest BCUT2D eigenvalue weighted by atomic mass is 79.9. The second kappa shape index (κ2) is 6.01. The van der Waals surface area contributed by atoms with Gasteiger partial charge >= 0.3 is 0 Å². The van der Waals surface area contributed by atoms with E-state index in [0.29, 0.717) is 0 Å². The van der Waals surface area contributed by atoms with Crippen molar-refractivity contribution in [2.75, 3.05) is 0 Å². The maximum absolute atomic E-state index is 10.6. The molecule has 1 atom stereocenters. The Hall–Kier alpha value is -0.350. The van der Waals surface area contributed by atoms with Crippen molar-refractivity contribution in [3.8, 4) is 0 Å². The van der Waals surface area contributed by atoms with Crippen LogP contribution in [0.3, 0.4) is 0 Å². The van der Waals surface area contributed by atoms with E-state index in [9.17, 15) is 5.11 Å². The number of hydrogen-bond donors (Lipinski definition) is 1. The lowest BCUT2D eigenvalue weighted by Gasteiger charge is -2.26. The zero-order chi connectivity index (χ0) is 13.1. The van der Waals surface area contributed by atoms with Gasteiger partial charge in [-0.05, 0) is 43.1 Å². The maximum atomic E-state index is 10.6. The standard InChI is InChI=1S/C13H23BrN2O/c1-5-6-7-8-13(4,17)12-11(14)9-15-16(12)10(2)3/h9-10,17H,5-8H2,1-4H3. The number of hydrogen-bond acceptors (Lipinski definition) is 2. The molecule has 0 spiro atoms. The Balaban J connectivity index is 2.92. The molecule has 0 aromatic carbocycles. The van der Waals surface area contributed by atoms with E-state index >= 15 is 0 Å². The minimum atomic E-state index is -0.811. The highest BCUT2D eigenvalue weighted by Gasteiger charge is 2.30. The van der Waals surface area contributed by atoms with Crippen molar-refractivity contribution < 1.29 is 5.11 Å². The second-order valence-electron chi connectivity index (χ2n) is 5.11. The number of aromatic nitrogens is 2. The van der Waals surface area contributed by atoms with Crippen molar-refractivity contribution in [1.29, 1.82) is 0 Å². The summed E-state index contributed by atoms with van der Waals surface area (Å²) in [5.41, 5.74) is 0.0815. The van der Waals surface area contributed by atoms with Gasteiger partial charge in [0.1, 0.15) is 5.60 Å². The molecular formula is C13H23BrN2O. The molecule has 3 nitrogen and oxygen atoms in total. The van der Waals surface area contributed by atoms with Gasteiger partial charge in [0.05, 0.1) is 16.4 Å². The average Bonchev–Trinajstić information content (AvgIpc) is 2.61. The number of nitrogens with zero attached hydrogens (tertiary/aromatic N) is 2. The SMILES string of the molecule is CCCCCC(C)(O)c1c(Br)cnn1C(C)C. The van der Waals surface area contributed by atoms with Crippen LogP contribution in [0.5, 0.6) is 0 Å². The predicted octanol–water partition coefficient (Wildman–Crippen LogP) is 4.01. The lowest BCUT2D eigenvalue weighted by molar-refractivity contribution is 0.0337. The van der Waals surface area contributed by atoms with Crippen LogP contribution in [0.15, 0.2) is 10.7 Å². The molecule has 0 fully saturated rings. The van der Waals surface area contributed by atoms with Crippen LogP contribution in [0.2, 0.25) is 0 Å². The van der Waals surface area contributed by atoms with Gasteiger partial charge in [0, 0.05) is 6.04 Å². The topological polar surface area (TPSA) is 38.1 Å². The average molecular weight is 303 g/mol. The van der Waals surface area contributed by atoms with Crippen LogP contribution in [-0.4, -0.2) is 14.9 Å². The summed E-state index contributed by atoms with van der Waals surface area (Å²) in [6, 6.07) is 0.258. The third-order valence-corrected chi connectivity index (χ3v) is 3.60. The first-order valence-electron chi connectivity index (χ1n) is 6.36. The van der Waals surface area contributed by atoms with Gasteiger partial charge in [-0.15, -0.1) is 0 Å². The molecule has 1 N–H and O–H groups in total. The van der Waals surface area contributed by atoms with Crippen molar-refractivity contribution in [3.05, 3.63) is 16.4 Å². The van der Waals surface area contributed by atoms with E-state index in [1.54, 1.807) is 6.20 Å². The van der Waals surface area contributed by atoms with E-state index in [1.165, 1.54) is 6.42 Å². The fourth-order valence-electron chi connectivity index (χ4n) is 2.07. The summed E-state index contributed by atoms with van der Waals surface area (Å²) in [5, 5.41) is 14.9. The van der Waals surface area contributed by atoms with E-state index in [4.69, 9.17) is 0 Å². The Morgan fingerprint density at radius 2 is 2.12 bits per heavy atom. The number of aliphatic hydroxyl groups is 1. The molecule has 1 aromatic heterocycles. The molecule has 0 aliphatic heterocycles. The van der Waals surface area contributed by atoms with E-state index in [0.717, 1.165) is 29.4 Å². The molecule has 1 rings (SSSR count). The van der Waals surface area contributed by atoms with Crippen molar-refractivity contribution in [2.24, 2.45) is 0 Å². The van der Waals surface area contributed by atoms with Gasteiger partial charge in [0.2, 0.25) is 0 Å². The second-order valence-corrected chi connectivity index (χ2v) is 5.96. The monoisotopic (exact) mass is 302 g/mol. The molecule has 1 unspecified atom stereocenters. The van der Waals surface area contributed by atoms with Gasteiger partial charge in [-0.2, -0.15) is 5.10 Å². The molecule has 17 heavy (non-hydrogen) atoms. The van der Waals surface area contributed by atoms with Crippen LogP contribution in [0.1, 0.15) is 65.1 Å². The van der Waals surface area contributed by atoms with Crippen molar-refractivity contribution in [3.63, 3.8) is 0 Å². The van der Waals surface area contributed by atoms with Crippen LogP contribution >= 0.6 is 15.9 Å². The van der Waals surface area contributed by atoms with Gasteiger partial charge in [-0.25, -0.2) is 0 Å². The maximum Gasteiger partial charge on any atom is 0.105 e. The molecule has 0 bridgehead atoms. The van der Waals surface area contributed by atoms with Crippen molar-refractivity contribution in [1.82, 2.24) is 9.78 Å². The minimum Gasteiger partial charge on any atom is -0.384 e. The van der Waals surface area contributed by atoms with E-state index in [-0.39, 0.29) is 6.04 Å². The third kappa shape index (κ3) is 3.55. The van der Waals surface area contributed by atoms with Crippen LogP contribution in [-0.2, 0) is 5.60 Å². The summed E-state index contributed by atoms with van der Waals surface area (Å²) in [5.74, 6) is 0. The Kier molecular flexibility index (Phi) is 5.20. The summed E-state index contributed by atoms with van der Waals surface area (Å²) in [4.78, 5) is 0. The third-order valence-electron chi connectivity index (χ3n) is 3.02. The Labute approximate surface area is 112 Å². The largest absolute Gasteiger partial charge is 0.384 e. The molecule has 0 aliphatic carbocycles. The highest BCUT2D eigenvalue weighted by Crippen LogP contribution is 2.33. The molecule has 0 radical (unpaired) electrons. The lowest BCUT2D eigenvalue weighted by atomic mass is 9.94. The Morgan fingerprint density at radius 1 is 1.47 bits per heavy atom. The van der Waals surface area contributed by atoms with E-state index in [1.807, 2.05) is 11.6 Å². The summed E-state index contributed by atoms with van der Waals surface area (Å²) >= 11 is 3.49. The normalized spacial score (nSPS) is 15.2. The zero-order valence-corrected chi connectivity index (χ0v) is 12.8. The summed E-state index contributed by atoms with van der Waals surface area (Å²) in [7, 11) is 0. The molecule has 0 aliphatic rings. The van der Waals surface area contributed by atoms with Crippen LogP contribution in [0, 0.1) is 0 Å². The van der Waals surface area contributed by atoms with Gasteiger partial charge in [0.15, 0.2) is 0 Å². The zero-order valence-electron chi connectivity index (χ0n) is 11.2. The van der Waals surface area contributed by atoms with Crippen LogP contribution in [0.4, 0.5) is 0 Å². The van der Waals surface area contributed by atoms with Gasteiger partial charge in [0.25, 0.3) is 0 Å². The first-order valence-corrected chi connectivity index (χ1v) is 7.15. The molecule has 98 valence electrons. The lowest BCUT2D eigenvalue weighted by Crippen LogP contribution is -2.26. The smallest absolute Gasteiger partial charge is 0.105 e. The summed E-state index contributed by atoms with van der Waals surface area (Å²) in [6.07, 6.45) is 5.91. The Morgan fingerprint density at radius 3 is 2.65 bits per heavy atom. The van der Waals surface area contributed by atoms with Crippen molar-refractivity contribution in [2.45, 2.75) is 65.0 Å². The quantitative estimate of drug-likeness (QED) is 0.806. The fraction of sp³-hybridized carbons (Fsp3) is 0.769. The van der Waals surface area contributed by atoms with Gasteiger partial charge in [-0.3, -0.25) is 4.68 Å². The molecule has 0 saturated heterocycles. The molecular weight excluding hydrogens is 280 g/mol. The number of halogens is 1. The van der Waals surface area contributed by atoms with Gasteiger partial charge < -0.3 is 5.11 Å². The minimum absolute atomic E-state index is 0.258. The highest BCUT2D eigenvalue weighted by molar-refractivity contribution is 9.10. The molecule has 0 saturated carbocycles. The number of rotatable bonds is 6. The molecule has 4 heteroatoms. The summed E-state index contributed by atoms with van der Waals surface area (Å²) in [6.45, 7) is 8.20. The first-order chi connectivity index (χ1) is 7.90. The van der Waals surface area contributed by atoms with Gasteiger partial charge in [-0.1, -0.05) is 26.2 Å². The molecule has 0 amide bonds. The number of unbranched alkanes of at least 4 members (excludes halogenated alkanes) is 2. The Bertz CT molecular complexity index is 358.